The van der Waals surface area contributed by atoms with E-state index in [1.807, 2.05) is 0 Å². The Morgan fingerprint density at radius 3 is 2.10 bits per heavy atom. The summed E-state index contributed by atoms with van der Waals surface area (Å²) in [4.78, 5) is 25.6. The van der Waals surface area contributed by atoms with E-state index in [1.54, 1.807) is 0 Å². The molecule has 1 aliphatic carbocycles. The molecule has 1 aromatic rings. The maximum Gasteiger partial charge on any atom is 0.416 e. The molecule has 6 heteroatoms. The lowest BCUT2D eigenvalue weighted by atomic mass is 9.81. The molecule has 1 saturated carbocycles. The summed E-state index contributed by atoms with van der Waals surface area (Å²) in [6.45, 7) is 0. The van der Waals surface area contributed by atoms with Gasteiger partial charge in [0.25, 0.3) is 0 Å². The average Bonchev–Trinajstić information content (AvgIpc) is 2.71. The highest BCUT2D eigenvalue weighted by molar-refractivity contribution is 6.22. The van der Waals surface area contributed by atoms with Crippen molar-refractivity contribution in [1.29, 1.82) is 0 Å². The van der Waals surface area contributed by atoms with Crippen molar-refractivity contribution < 1.29 is 22.8 Å². The number of amides is 2. The molecule has 1 aromatic carbocycles. The minimum atomic E-state index is -4.49. The summed E-state index contributed by atoms with van der Waals surface area (Å²) in [6.07, 6.45) is -1.43. The molecule has 2 atom stereocenters. The van der Waals surface area contributed by atoms with E-state index >= 15 is 0 Å². The van der Waals surface area contributed by atoms with Gasteiger partial charge >= 0.3 is 6.18 Å². The van der Waals surface area contributed by atoms with E-state index in [-0.39, 0.29) is 29.3 Å². The molecule has 1 saturated heterocycles. The fraction of sp³-hybridized carbons (Fsp3) is 0.467. The van der Waals surface area contributed by atoms with Gasteiger partial charge in [0.2, 0.25) is 11.8 Å². The molecule has 2 aliphatic rings. The Bertz CT molecular complexity index is 573. The predicted octanol–water partition coefficient (Wildman–Crippen LogP) is 3.39. The zero-order valence-electron chi connectivity index (χ0n) is 11.2. The Kier molecular flexibility index (Phi) is 3.26. The van der Waals surface area contributed by atoms with Crippen LogP contribution in [-0.4, -0.2) is 11.8 Å². The molecule has 0 radical (unpaired) electrons. The Labute approximate surface area is 119 Å². The van der Waals surface area contributed by atoms with Crippen molar-refractivity contribution in [1.82, 2.24) is 0 Å². The Morgan fingerprint density at radius 1 is 1.00 bits per heavy atom. The van der Waals surface area contributed by atoms with Crippen molar-refractivity contribution in [2.45, 2.75) is 31.9 Å². The molecule has 2 unspecified atom stereocenters. The van der Waals surface area contributed by atoms with Crippen molar-refractivity contribution >= 4 is 17.5 Å². The number of fused-ring (bicyclic) bond motifs is 1. The van der Waals surface area contributed by atoms with Crippen molar-refractivity contribution in [2.75, 3.05) is 4.90 Å². The van der Waals surface area contributed by atoms with Crippen LogP contribution in [0, 0.1) is 11.8 Å². The largest absolute Gasteiger partial charge is 0.416 e. The van der Waals surface area contributed by atoms with Gasteiger partial charge < -0.3 is 0 Å². The summed E-state index contributed by atoms with van der Waals surface area (Å²) in [5.41, 5.74) is -0.829. The number of carbonyl (C=O) groups is 2. The quantitative estimate of drug-likeness (QED) is 0.745. The van der Waals surface area contributed by atoms with Crippen molar-refractivity contribution in [3.8, 4) is 0 Å². The van der Waals surface area contributed by atoms with Crippen LogP contribution in [0.3, 0.4) is 0 Å². The van der Waals surface area contributed by atoms with Crippen LogP contribution in [0.2, 0.25) is 0 Å². The second-order valence-electron chi connectivity index (χ2n) is 5.56. The first-order valence-electron chi connectivity index (χ1n) is 6.94. The van der Waals surface area contributed by atoms with Crippen molar-refractivity contribution in [3.05, 3.63) is 29.8 Å². The SMILES string of the molecule is O=C1C2CCCCC2C(=O)N1c1cccc(C(F)(F)F)c1. The highest BCUT2D eigenvalue weighted by Gasteiger charge is 2.49. The van der Waals surface area contributed by atoms with E-state index in [0.717, 1.165) is 29.9 Å². The van der Waals surface area contributed by atoms with Crippen LogP contribution in [0.25, 0.3) is 0 Å². The number of nitrogens with zero attached hydrogens (tertiary/aromatic N) is 1. The molecule has 3 nitrogen and oxygen atoms in total. The summed E-state index contributed by atoms with van der Waals surface area (Å²) in [5.74, 6) is -1.44. The van der Waals surface area contributed by atoms with Gasteiger partial charge in [-0.15, -0.1) is 0 Å². The van der Waals surface area contributed by atoms with Gasteiger partial charge in [-0.2, -0.15) is 13.2 Å². The molecule has 2 fully saturated rings. The van der Waals surface area contributed by atoms with Gasteiger partial charge in [-0.3, -0.25) is 14.5 Å². The van der Waals surface area contributed by atoms with E-state index in [2.05, 4.69) is 0 Å². The second kappa shape index (κ2) is 4.86. The van der Waals surface area contributed by atoms with Gasteiger partial charge in [0.1, 0.15) is 0 Å². The van der Waals surface area contributed by atoms with E-state index < -0.39 is 11.7 Å². The Hall–Kier alpha value is -1.85. The minimum Gasteiger partial charge on any atom is -0.274 e. The second-order valence-corrected chi connectivity index (χ2v) is 5.56. The molecule has 1 aliphatic heterocycles. The van der Waals surface area contributed by atoms with E-state index in [0.29, 0.717) is 12.8 Å². The fourth-order valence-electron chi connectivity index (χ4n) is 3.24. The Morgan fingerprint density at radius 2 is 1.57 bits per heavy atom. The normalized spacial score (nSPS) is 26.1. The molecule has 2 amide bonds. The van der Waals surface area contributed by atoms with Gasteiger partial charge in [-0.25, -0.2) is 0 Å². The average molecular weight is 297 g/mol. The number of imide groups is 1. The molecule has 3 rings (SSSR count). The number of hydrogen-bond acceptors (Lipinski definition) is 2. The molecular weight excluding hydrogens is 283 g/mol. The lowest BCUT2D eigenvalue weighted by Gasteiger charge is -2.19. The summed E-state index contributed by atoms with van der Waals surface area (Å²) in [7, 11) is 0. The molecule has 0 bridgehead atoms. The zero-order valence-corrected chi connectivity index (χ0v) is 11.2. The third kappa shape index (κ3) is 2.32. The molecule has 0 aromatic heterocycles. The summed E-state index contributed by atoms with van der Waals surface area (Å²) >= 11 is 0. The number of carbonyl (C=O) groups excluding carboxylic acids is 2. The topological polar surface area (TPSA) is 37.4 Å². The van der Waals surface area contributed by atoms with Crippen LogP contribution < -0.4 is 4.90 Å². The number of anilines is 1. The van der Waals surface area contributed by atoms with E-state index in [9.17, 15) is 22.8 Å². The lowest BCUT2D eigenvalue weighted by Crippen LogP contribution is -2.31. The highest BCUT2D eigenvalue weighted by Crippen LogP contribution is 2.41. The number of alkyl halides is 3. The van der Waals surface area contributed by atoms with Gasteiger partial charge in [0, 0.05) is 0 Å². The van der Waals surface area contributed by atoms with Gasteiger partial charge in [-0.1, -0.05) is 18.9 Å². The molecule has 112 valence electrons. The lowest BCUT2D eigenvalue weighted by molar-refractivity contribution is -0.137. The zero-order chi connectivity index (χ0) is 15.2. The number of benzene rings is 1. The molecular formula is C15H14F3NO2. The first-order chi connectivity index (χ1) is 9.89. The summed E-state index contributed by atoms with van der Waals surface area (Å²) in [6, 6.07) is 4.40. The maximum absolute atomic E-state index is 12.8. The first-order valence-corrected chi connectivity index (χ1v) is 6.94. The maximum atomic E-state index is 12.8. The molecule has 21 heavy (non-hydrogen) atoms. The van der Waals surface area contributed by atoms with Crippen molar-refractivity contribution in [2.24, 2.45) is 11.8 Å². The van der Waals surface area contributed by atoms with Gasteiger partial charge in [0.15, 0.2) is 0 Å². The van der Waals surface area contributed by atoms with Crippen LogP contribution >= 0.6 is 0 Å². The van der Waals surface area contributed by atoms with Crippen molar-refractivity contribution in [3.63, 3.8) is 0 Å². The standard InChI is InChI=1S/C15H14F3NO2/c16-15(17,18)9-4-3-5-10(8-9)19-13(20)11-6-1-2-7-12(11)14(19)21/h3-5,8,11-12H,1-2,6-7H2. The van der Waals surface area contributed by atoms with Gasteiger partial charge in [-0.05, 0) is 31.0 Å². The monoisotopic (exact) mass is 297 g/mol. The highest BCUT2D eigenvalue weighted by atomic mass is 19.4. The minimum absolute atomic E-state index is 0.0224. The van der Waals surface area contributed by atoms with Crippen LogP contribution in [-0.2, 0) is 15.8 Å². The van der Waals surface area contributed by atoms with Crippen LogP contribution in [0.1, 0.15) is 31.2 Å². The number of rotatable bonds is 1. The summed E-state index contributed by atoms with van der Waals surface area (Å²) in [5, 5.41) is 0. The van der Waals surface area contributed by atoms with Crippen LogP contribution in [0.15, 0.2) is 24.3 Å². The number of hydrogen-bond donors (Lipinski definition) is 0. The molecule has 0 N–H and O–H groups in total. The Balaban J connectivity index is 1.97. The first kappa shape index (κ1) is 14.1. The fourth-order valence-corrected chi connectivity index (χ4v) is 3.24. The third-order valence-corrected chi connectivity index (χ3v) is 4.27. The smallest absolute Gasteiger partial charge is 0.274 e. The molecule has 0 spiro atoms. The summed E-state index contributed by atoms with van der Waals surface area (Å²) < 4.78 is 38.3. The van der Waals surface area contributed by atoms with Crippen LogP contribution in [0.4, 0.5) is 18.9 Å². The van der Waals surface area contributed by atoms with E-state index in [1.165, 1.54) is 12.1 Å². The van der Waals surface area contributed by atoms with E-state index in [4.69, 9.17) is 0 Å². The number of halogens is 3. The van der Waals surface area contributed by atoms with Gasteiger partial charge in [0.05, 0.1) is 23.1 Å². The molecule has 1 heterocycles. The predicted molar refractivity (Wildman–Crippen MR) is 69.4 cm³/mol. The third-order valence-electron chi connectivity index (χ3n) is 4.27. The van der Waals surface area contributed by atoms with Crippen LogP contribution in [0.5, 0.6) is 0 Å².